The van der Waals surface area contributed by atoms with E-state index in [1.807, 2.05) is 30.3 Å². The Bertz CT molecular complexity index is 797. The van der Waals surface area contributed by atoms with E-state index < -0.39 is 0 Å². The maximum atomic E-state index is 5.94. The van der Waals surface area contributed by atoms with E-state index in [4.69, 9.17) is 4.42 Å². The molecule has 2 heterocycles. The summed E-state index contributed by atoms with van der Waals surface area (Å²) in [5.74, 6) is 1.25. The summed E-state index contributed by atoms with van der Waals surface area (Å²) in [7, 11) is 0. The zero-order valence-electron chi connectivity index (χ0n) is 13.1. The number of hydrogen-bond acceptors (Lipinski definition) is 4. The number of aryl methyl sites for hydroxylation is 1. The van der Waals surface area contributed by atoms with Gasteiger partial charge in [-0.1, -0.05) is 36.4 Å². The van der Waals surface area contributed by atoms with E-state index in [1.165, 1.54) is 11.3 Å². The standard InChI is InChI=1S/C19H19N3O/c1-14(22-13-7-11-15-8-5-6-12-17(15)22)18-20-21-19(23-18)16-9-3-2-4-10-16/h2-6,8-10,12,14H,7,11,13H2,1H3. The molecular formula is C19H19N3O. The average Bonchev–Trinajstić information content (AvgIpc) is 3.11. The van der Waals surface area contributed by atoms with E-state index in [1.54, 1.807) is 0 Å². The lowest BCUT2D eigenvalue weighted by atomic mass is 10.0. The molecule has 0 aliphatic carbocycles. The molecular weight excluding hydrogens is 286 g/mol. The number of anilines is 1. The van der Waals surface area contributed by atoms with Crippen molar-refractivity contribution >= 4 is 5.69 Å². The number of benzene rings is 2. The molecule has 4 rings (SSSR count). The average molecular weight is 305 g/mol. The number of aromatic nitrogens is 2. The summed E-state index contributed by atoms with van der Waals surface area (Å²) in [5, 5.41) is 8.50. The van der Waals surface area contributed by atoms with Gasteiger partial charge >= 0.3 is 0 Å². The molecule has 0 saturated heterocycles. The van der Waals surface area contributed by atoms with Gasteiger partial charge in [0.25, 0.3) is 0 Å². The van der Waals surface area contributed by atoms with Crippen LogP contribution in [0.5, 0.6) is 0 Å². The number of hydrogen-bond donors (Lipinski definition) is 0. The molecule has 4 nitrogen and oxygen atoms in total. The van der Waals surface area contributed by atoms with E-state index in [0.717, 1.165) is 24.9 Å². The first kappa shape index (κ1) is 14.0. The highest BCUT2D eigenvalue weighted by Gasteiger charge is 2.25. The summed E-state index contributed by atoms with van der Waals surface area (Å²) in [6.07, 6.45) is 2.29. The van der Waals surface area contributed by atoms with Crippen LogP contribution in [0.15, 0.2) is 59.0 Å². The number of rotatable bonds is 3. The molecule has 23 heavy (non-hydrogen) atoms. The van der Waals surface area contributed by atoms with Gasteiger partial charge in [-0.2, -0.15) is 0 Å². The molecule has 1 aliphatic rings. The van der Waals surface area contributed by atoms with Crippen molar-refractivity contribution in [2.45, 2.75) is 25.8 Å². The van der Waals surface area contributed by atoms with Gasteiger partial charge in [0.2, 0.25) is 11.8 Å². The van der Waals surface area contributed by atoms with Crippen LogP contribution >= 0.6 is 0 Å². The second kappa shape index (κ2) is 5.88. The molecule has 0 spiro atoms. The molecule has 116 valence electrons. The van der Waals surface area contributed by atoms with Crippen molar-refractivity contribution < 1.29 is 4.42 Å². The van der Waals surface area contributed by atoms with E-state index in [0.29, 0.717) is 11.8 Å². The molecule has 1 atom stereocenters. The fourth-order valence-corrected chi connectivity index (χ4v) is 3.20. The fourth-order valence-electron chi connectivity index (χ4n) is 3.20. The molecule has 0 bridgehead atoms. The highest BCUT2D eigenvalue weighted by molar-refractivity contribution is 5.56. The summed E-state index contributed by atoms with van der Waals surface area (Å²) in [4.78, 5) is 2.36. The van der Waals surface area contributed by atoms with Crippen LogP contribution in [0.25, 0.3) is 11.5 Å². The maximum Gasteiger partial charge on any atom is 0.247 e. The molecule has 0 saturated carbocycles. The second-order valence-electron chi connectivity index (χ2n) is 5.91. The first-order chi connectivity index (χ1) is 11.3. The van der Waals surface area contributed by atoms with Crippen LogP contribution in [0.4, 0.5) is 5.69 Å². The molecule has 0 N–H and O–H groups in total. The van der Waals surface area contributed by atoms with Gasteiger partial charge in [0, 0.05) is 17.8 Å². The van der Waals surface area contributed by atoms with Crippen molar-refractivity contribution in [1.29, 1.82) is 0 Å². The molecule has 1 aromatic heterocycles. The van der Waals surface area contributed by atoms with E-state index >= 15 is 0 Å². The van der Waals surface area contributed by atoms with E-state index in [2.05, 4.69) is 46.3 Å². The van der Waals surface area contributed by atoms with Crippen LogP contribution in [0.1, 0.15) is 30.8 Å². The van der Waals surface area contributed by atoms with Crippen molar-refractivity contribution in [3.8, 4) is 11.5 Å². The zero-order valence-corrected chi connectivity index (χ0v) is 13.1. The molecule has 0 radical (unpaired) electrons. The third-order valence-corrected chi connectivity index (χ3v) is 4.43. The summed E-state index contributed by atoms with van der Waals surface area (Å²) < 4.78 is 5.94. The van der Waals surface area contributed by atoms with E-state index in [9.17, 15) is 0 Å². The SMILES string of the molecule is CC(c1nnc(-c2ccccc2)o1)N1CCCc2ccccc21. The van der Waals surface area contributed by atoms with Gasteiger partial charge in [-0.3, -0.25) is 0 Å². The zero-order chi connectivity index (χ0) is 15.6. The fraction of sp³-hybridized carbons (Fsp3) is 0.263. The first-order valence-corrected chi connectivity index (χ1v) is 8.06. The van der Waals surface area contributed by atoms with E-state index in [-0.39, 0.29) is 6.04 Å². The van der Waals surface area contributed by atoms with Crippen LogP contribution in [0.2, 0.25) is 0 Å². The lowest BCUT2D eigenvalue weighted by molar-refractivity contribution is 0.449. The minimum Gasteiger partial charge on any atom is -0.418 e. The van der Waals surface area contributed by atoms with Gasteiger partial charge in [-0.15, -0.1) is 10.2 Å². The van der Waals surface area contributed by atoms with Crippen molar-refractivity contribution in [1.82, 2.24) is 10.2 Å². The Labute approximate surface area is 135 Å². The Morgan fingerprint density at radius 3 is 2.65 bits per heavy atom. The molecule has 1 aliphatic heterocycles. The summed E-state index contributed by atoms with van der Waals surface area (Å²) in [6.45, 7) is 3.14. The van der Waals surface area contributed by atoms with Crippen molar-refractivity contribution in [3.63, 3.8) is 0 Å². The molecule has 3 aromatic rings. The number of nitrogens with zero attached hydrogens (tertiary/aromatic N) is 3. The summed E-state index contributed by atoms with van der Waals surface area (Å²) in [5.41, 5.74) is 3.64. The lowest BCUT2D eigenvalue weighted by Crippen LogP contribution is -2.32. The van der Waals surface area contributed by atoms with Gasteiger partial charge in [0.05, 0.1) is 0 Å². The second-order valence-corrected chi connectivity index (χ2v) is 5.91. The smallest absolute Gasteiger partial charge is 0.247 e. The minimum absolute atomic E-state index is 0.0708. The van der Waals surface area contributed by atoms with Crippen LogP contribution < -0.4 is 4.90 Å². The lowest BCUT2D eigenvalue weighted by Gasteiger charge is -2.34. The van der Waals surface area contributed by atoms with Crippen LogP contribution in [0, 0.1) is 0 Å². The minimum atomic E-state index is 0.0708. The van der Waals surface area contributed by atoms with Gasteiger partial charge in [0.15, 0.2) is 0 Å². The van der Waals surface area contributed by atoms with Crippen LogP contribution in [-0.2, 0) is 6.42 Å². The predicted molar refractivity (Wildman–Crippen MR) is 90.3 cm³/mol. The molecule has 0 fully saturated rings. The van der Waals surface area contributed by atoms with Crippen LogP contribution in [0.3, 0.4) is 0 Å². The Hall–Kier alpha value is -2.62. The van der Waals surface area contributed by atoms with Crippen molar-refractivity contribution in [2.75, 3.05) is 11.4 Å². The topological polar surface area (TPSA) is 42.2 Å². The van der Waals surface area contributed by atoms with Crippen molar-refractivity contribution in [2.24, 2.45) is 0 Å². The van der Waals surface area contributed by atoms with Gasteiger partial charge in [-0.25, -0.2) is 0 Å². The monoisotopic (exact) mass is 305 g/mol. The first-order valence-electron chi connectivity index (χ1n) is 8.06. The highest BCUT2D eigenvalue weighted by atomic mass is 16.4. The maximum absolute atomic E-state index is 5.94. The molecule has 2 aromatic carbocycles. The van der Waals surface area contributed by atoms with Gasteiger partial charge < -0.3 is 9.32 Å². The molecule has 1 unspecified atom stereocenters. The summed E-state index contributed by atoms with van der Waals surface area (Å²) in [6, 6.07) is 18.6. The Kier molecular flexibility index (Phi) is 3.58. The number of fused-ring (bicyclic) bond motifs is 1. The highest BCUT2D eigenvalue weighted by Crippen LogP contribution is 2.34. The Morgan fingerprint density at radius 2 is 1.78 bits per heavy atom. The third kappa shape index (κ3) is 2.61. The normalized spacial score (nSPS) is 15.3. The largest absolute Gasteiger partial charge is 0.418 e. The molecule has 0 amide bonds. The Balaban J connectivity index is 1.63. The summed E-state index contributed by atoms with van der Waals surface area (Å²) >= 11 is 0. The van der Waals surface area contributed by atoms with Crippen molar-refractivity contribution in [3.05, 3.63) is 66.1 Å². The molecule has 4 heteroatoms. The number of para-hydroxylation sites is 1. The quantitative estimate of drug-likeness (QED) is 0.725. The Morgan fingerprint density at radius 1 is 1.00 bits per heavy atom. The van der Waals surface area contributed by atoms with Gasteiger partial charge in [-0.05, 0) is 43.5 Å². The van der Waals surface area contributed by atoms with Gasteiger partial charge in [0.1, 0.15) is 6.04 Å². The van der Waals surface area contributed by atoms with Crippen LogP contribution in [-0.4, -0.2) is 16.7 Å². The predicted octanol–water partition coefficient (Wildman–Crippen LogP) is 4.25. The third-order valence-electron chi connectivity index (χ3n) is 4.43.